The van der Waals surface area contributed by atoms with Crippen molar-refractivity contribution in [3.8, 4) is 0 Å². The van der Waals surface area contributed by atoms with E-state index in [1.165, 1.54) is 24.0 Å². The van der Waals surface area contributed by atoms with Gasteiger partial charge < -0.3 is 19.3 Å². The number of anilines is 1. The number of hydrogen-bond acceptors (Lipinski definition) is 3. The number of para-hydroxylation sites is 1. The Labute approximate surface area is 226 Å². The first-order chi connectivity index (χ1) is 18.3. The molecule has 0 bridgehead atoms. The molecule has 5 rings (SSSR count). The van der Waals surface area contributed by atoms with Crippen LogP contribution >= 0.6 is 0 Å². The predicted octanol–water partition coefficient (Wildman–Crippen LogP) is 5.60. The molecule has 3 aromatic rings. The van der Waals surface area contributed by atoms with E-state index in [4.69, 9.17) is 0 Å². The predicted molar refractivity (Wildman–Crippen MR) is 154 cm³/mol. The normalized spacial score (nSPS) is 15.0. The average molecular weight is 511 g/mol. The molecular weight excluding hydrogens is 472 g/mol. The largest absolute Gasteiger partial charge is 0.339 e. The lowest BCUT2D eigenvalue weighted by molar-refractivity contribution is 0.0775. The van der Waals surface area contributed by atoms with Crippen LogP contribution in [-0.2, 0) is 13.1 Å². The summed E-state index contributed by atoms with van der Waals surface area (Å²) in [7, 11) is 5.86. The number of rotatable bonds is 6. The topological polar surface area (TPSA) is 48.8 Å². The summed E-state index contributed by atoms with van der Waals surface area (Å²) in [5.41, 5.74) is 8.04. The monoisotopic (exact) mass is 510 g/mol. The minimum atomic E-state index is -0.0182. The van der Waals surface area contributed by atoms with Gasteiger partial charge in [0.1, 0.15) is 5.69 Å². The maximum absolute atomic E-state index is 14.0. The van der Waals surface area contributed by atoms with Gasteiger partial charge in [0.15, 0.2) is 0 Å². The van der Waals surface area contributed by atoms with Gasteiger partial charge in [-0.2, -0.15) is 0 Å². The molecule has 0 atom stereocenters. The van der Waals surface area contributed by atoms with Crippen LogP contribution in [0.3, 0.4) is 0 Å². The van der Waals surface area contributed by atoms with Gasteiger partial charge in [-0.15, -0.1) is 0 Å². The van der Waals surface area contributed by atoms with Gasteiger partial charge >= 0.3 is 0 Å². The number of benzene rings is 2. The lowest BCUT2D eigenvalue weighted by Gasteiger charge is -2.23. The fourth-order valence-corrected chi connectivity index (χ4v) is 5.57. The maximum atomic E-state index is 14.0. The fraction of sp³-hybridized carbons (Fsp3) is 0.375. The van der Waals surface area contributed by atoms with Crippen molar-refractivity contribution in [2.24, 2.45) is 0 Å². The standard InChI is InChI=1S/C32H38N4O2/c1-23-20-25(14-16-28(23)24-10-6-5-7-11-24)31(37)36-22-27-15-17-30(32(38)34(4)19-18-33(2)3)35(27)21-26-12-8-9-13-29(26)36/h8-10,12-17,20H,5-7,11,18-19,21-22H2,1-4H3. The van der Waals surface area contributed by atoms with Gasteiger partial charge in [-0.25, -0.2) is 0 Å². The lowest BCUT2D eigenvalue weighted by Crippen LogP contribution is -2.34. The molecule has 0 radical (unpaired) electrons. The molecule has 38 heavy (non-hydrogen) atoms. The van der Waals surface area contributed by atoms with Crippen molar-refractivity contribution in [1.29, 1.82) is 0 Å². The van der Waals surface area contributed by atoms with Crippen molar-refractivity contribution in [2.75, 3.05) is 39.1 Å². The Balaban J connectivity index is 1.46. The highest BCUT2D eigenvalue weighted by molar-refractivity contribution is 6.07. The number of carbonyl (C=O) groups is 2. The van der Waals surface area contributed by atoms with Crippen LogP contribution < -0.4 is 4.90 Å². The molecule has 0 saturated carbocycles. The average Bonchev–Trinajstić information content (AvgIpc) is 3.24. The van der Waals surface area contributed by atoms with E-state index in [0.717, 1.165) is 41.9 Å². The van der Waals surface area contributed by atoms with Gasteiger partial charge in [0.2, 0.25) is 0 Å². The van der Waals surface area contributed by atoms with Crippen LogP contribution in [0.1, 0.15) is 68.9 Å². The van der Waals surface area contributed by atoms with Crippen molar-refractivity contribution in [1.82, 2.24) is 14.4 Å². The smallest absolute Gasteiger partial charge is 0.270 e. The second kappa shape index (κ2) is 11.0. The molecular formula is C32H38N4O2. The first kappa shape index (κ1) is 26.0. The second-order valence-electron chi connectivity index (χ2n) is 10.9. The quantitative estimate of drug-likeness (QED) is 0.434. The molecule has 1 aliphatic heterocycles. The van der Waals surface area contributed by atoms with E-state index < -0.39 is 0 Å². The van der Waals surface area contributed by atoms with Gasteiger partial charge in [-0.05, 0) is 99.3 Å². The third-order valence-electron chi connectivity index (χ3n) is 7.81. The fourth-order valence-electron chi connectivity index (χ4n) is 5.57. The Morgan fingerprint density at radius 1 is 0.921 bits per heavy atom. The molecule has 0 spiro atoms. The number of amides is 2. The zero-order valence-corrected chi connectivity index (χ0v) is 23.0. The van der Waals surface area contributed by atoms with Crippen molar-refractivity contribution in [3.05, 3.63) is 94.3 Å². The molecule has 2 heterocycles. The molecule has 2 amide bonds. The first-order valence-electron chi connectivity index (χ1n) is 13.6. The molecule has 0 saturated heterocycles. The summed E-state index contributed by atoms with van der Waals surface area (Å²) in [6, 6.07) is 18.1. The maximum Gasteiger partial charge on any atom is 0.270 e. The SMILES string of the molecule is Cc1cc(C(=O)N2Cc3ccc(C(=O)N(C)CCN(C)C)n3Cc3ccccc32)ccc1C1=CCCCC1. The van der Waals surface area contributed by atoms with E-state index in [1.807, 2.05) is 68.5 Å². The number of likely N-dealkylation sites (N-methyl/N-ethyl adjacent to an activating group) is 2. The summed E-state index contributed by atoms with van der Waals surface area (Å²) in [6.07, 6.45) is 7.08. The van der Waals surface area contributed by atoms with Gasteiger partial charge in [0.25, 0.3) is 11.8 Å². The summed E-state index contributed by atoms with van der Waals surface area (Å²) in [5, 5.41) is 0. The highest BCUT2D eigenvalue weighted by atomic mass is 16.2. The van der Waals surface area contributed by atoms with Crippen molar-refractivity contribution >= 4 is 23.1 Å². The van der Waals surface area contributed by atoms with Crippen LogP contribution in [0, 0.1) is 6.92 Å². The van der Waals surface area contributed by atoms with Gasteiger partial charge in [0, 0.05) is 37.1 Å². The molecule has 0 unspecified atom stereocenters. The van der Waals surface area contributed by atoms with Gasteiger partial charge in [-0.1, -0.05) is 30.3 Å². The third kappa shape index (κ3) is 5.18. The Morgan fingerprint density at radius 2 is 1.74 bits per heavy atom. The summed E-state index contributed by atoms with van der Waals surface area (Å²) < 4.78 is 2.07. The van der Waals surface area contributed by atoms with Gasteiger partial charge in [-0.3, -0.25) is 9.59 Å². The molecule has 0 N–H and O–H groups in total. The van der Waals surface area contributed by atoms with Crippen molar-refractivity contribution in [3.63, 3.8) is 0 Å². The Bertz CT molecular complexity index is 1380. The molecule has 6 heteroatoms. The summed E-state index contributed by atoms with van der Waals surface area (Å²) in [6.45, 7) is 4.53. The minimum absolute atomic E-state index is 0.00131. The van der Waals surface area contributed by atoms with Crippen LogP contribution in [0.4, 0.5) is 5.69 Å². The van der Waals surface area contributed by atoms with E-state index in [2.05, 4.69) is 34.6 Å². The molecule has 2 aliphatic rings. The molecule has 6 nitrogen and oxygen atoms in total. The van der Waals surface area contributed by atoms with Gasteiger partial charge in [0.05, 0.1) is 13.1 Å². The molecule has 2 aromatic carbocycles. The molecule has 1 aliphatic carbocycles. The Kier molecular flexibility index (Phi) is 7.52. The van der Waals surface area contributed by atoms with E-state index in [0.29, 0.717) is 30.9 Å². The summed E-state index contributed by atoms with van der Waals surface area (Å²) >= 11 is 0. The number of aromatic nitrogens is 1. The van der Waals surface area contributed by atoms with E-state index in [1.54, 1.807) is 4.90 Å². The highest BCUT2D eigenvalue weighted by Crippen LogP contribution is 2.33. The summed E-state index contributed by atoms with van der Waals surface area (Å²) in [4.78, 5) is 33.0. The van der Waals surface area contributed by atoms with E-state index >= 15 is 0 Å². The van der Waals surface area contributed by atoms with Crippen molar-refractivity contribution in [2.45, 2.75) is 45.7 Å². The van der Waals surface area contributed by atoms with Crippen LogP contribution in [0.5, 0.6) is 0 Å². The number of allylic oxidation sites excluding steroid dienone is 2. The Hall–Kier alpha value is -3.64. The molecule has 198 valence electrons. The van der Waals surface area contributed by atoms with Crippen molar-refractivity contribution < 1.29 is 9.59 Å². The first-order valence-corrected chi connectivity index (χ1v) is 13.6. The highest BCUT2D eigenvalue weighted by Gasteiger charge is 2.28. The lowest BCUT2D eigenvalue weighted by atomic mass is 9.90. The zero-order valence-electron chi connectivity index (χ0n) is 23.0. The minimum Gasteiger partial charge on any atom is -0.339 e. The van der Waals surface area contributed by atoms with Crippen LogP contribution in [-0.4, -0.2) is 60.4 Å². The number of fused-ring (bicyclic) bond motifs is 2. The number of aryl methyl sites for hydroxylation is 1. The molecule has 1 aromatic heterocycles. The van der Waals surface area contributed by atoms with Crippen LogP contribution in [0.2, 0.25) is 0 Å². The van der Waals surface area contributed by atoms with E-state index in [9.17, 15) is 9.59 Å². The van der Waals surface area contributed by atoms with Crippen LogP contribution in [0.25, 0.3) is 5.57 Å². The van der Waals surface area contributed by atoms with E-state index in [-0.39, 0.29) is 11.8 Å². The number of hydrogen-bond donors (Lipinski definition) is 0. The second-order valence-corrected chi connectivity index (χ2v) is 10.9. The number of carbonyl (C=O) groups excluding carboxylic acids is 2. The third-order valence-corrected chi connectivity index (χ3v) is 7.81. The number of nitrogens with zero attached hydrogens (tertiary/aromatic N) is 4. The Morgan fingerprint density at radius 3 is 2.47 bits per heavy atom. The molecule has 0 fully saturated rings. The summed E-state index contributed by atoms with van der Waals surface area (Å²) in [5.74, 6) is -0.0195. The zero-order chi connectivity index (χ0) is 26.8. The van der Waals surface area contributed by atoms with Crippen LogP contribution in [0.15, 0.2) is 60.7 Å².